The standard InChI is InChI=1S/C19H25N5O2.CH2O2/c1-11-3-4-16(12(2)22-11)26-17-8-14-10-24(9-13(14)7-15(17)25)18-5-6-21-19(20)23-18;2-1-3/h3-6,13-15,17,25H,7-10H2,1-2H3,(H2,20,21,23);1H,(H,2,3)/t13-,14+,15+,17+;/m0./s1. The molecule has 3 heterocycles. The van der Waals surface area contributed by atoms with E-state index in [2.05, 4.69) is 19.9 Å². The number of hydrogen-bond donors (Lipinski definition) is 3. The number of nitrogens with zero attached hydrogens (tertiary/aromatic N) is 4. The number of nitrogens with two attached hydrogens (primary N) is 1. The first-order valence-electron chi connectivity index (χ1n) is 9.61. The highest BCUT2D eigenvalue weighted by molar-refractivity contribution is 5.42. The molecule has 156 valence electrons. The van der Waals surface area contributed by atoms with Crippen LogP contribution in [0, 0.1) is 25.7 Å². The third-order valence-electron chi connectivity index (χ3n) is 5.52. The molecule has 1 aliphatic carbocycles. The summed E-state index contributed by atoms with van der Waals surface area (Å²) in [5, 5.41) is 17.5. The van der Waals surface area contributed by atoms with Gasteiger partial charge in [-0.1, -0.05) is 0 Å². The van der Waals surface area contributed by atoms with Crippen LogP contribution in [-0.2, 0) is 4.79 Å². The summed E-state index contributed by atoms with van der Waals surface area (Å²) in [5.74, 6) is 2.83. The van der Waals surface area contributed by atoms with E-state index in [1.807, 2.05) is 32.0 Å². The number of carboxylic acid groups (broad SMARTS) is 1. The van der Waals surface area contributed by atoms with Gasteiger partial charge in [0.15, 0.2) is 0 Å². The van der Waals surface area contributed by atoms with Gasteiger partial charge in [0.2, 0.25) is 5.95 Å². The first kappa shape index (κ1) is 20.8. The zero-order valence-corrected chi connectivity index (χ0v) is 16.6. The number of carbonyl (C=O) groups is 1. The third-order valence-corrected chi connectivity index (χ3v) is 5.52. The Kier molecular flexibility index (Phi) is 6.48. The molecule has 1 saturated heterocycles. The molecule has 1 saturated carbocycles. The first-order valence-corrected chi connectivity index (χ1v) is 9.61. The van der Waals surface area contributed by atoms with E-state index in [4.69, 9.17) is 20.4 Å². The molecule has 0 bridgehead atoms. The van der Waals surface area contributed by atoms with Crippen molar-refractivity contribution in [1.82, 2.24) is 15.0 Å². The van der Waals surface area contributed by atoms with Gasteiger partial charge in [0.25, 0.3) is 6.47 Å². The van der Waals surface area contributed by atoms with Gasteiger partial charge in [0, 0.05) is 25.0 Å². The number of aliphatic hydroxyl groups excluding tert-OH is 1. The summed E-state index contributed by atoms with van der Waals surface area (Å²) in [6.07, 6.45) is 2.59. The van der Waals surface area contributed by atoms with Crippen LogP contribution in [0.25, 0.3) is 0 Å². The third kappa shape index (κ3) is 4.92. The molecule has 2 aromatic heterocycles. The highest BCUT2D eigenvalue weighted by atomic mass is 16.5. The summed E-state index contributed by atoms with van der Waals surface area (Å²) in [7, 11) is 0. The minimum atomic E-state index is -0.465. The molecular weight excluding hydrogens is 374 g/mol. The number of ether oxygens (including phenoxy) is 1. The van der Waals surface area contributed by atoms with E-state index in [1.54, 1.807) is 6.20 Å². The van der Waals surface area contributed by atoms with E-state index in [-0.39, 0.29) is 12.6 Å². The molecule has 4 atom stereocenters. The Hall–Kier alpha value is -2.94. The van der Waals surface area contributed by atoms with Crippen LogP contribution in [-0.4, -0.2) is 56.9 Å². The Morgan fingerprint density at radius 1 is 1.17 bits per heavy atom. The SMILES string of the molecule is Cc1ccc(O[C@@H]2C[C@@H]3CN(c4ccnc(N)n4)C[C@@H]3C[C@H]2O)c(C)n1.O=CO. The molecule has 2 aromatic rings. The van der Waals surface area contributed by atoms with Crippen molar-refractivity contribution in [3.8, 4) is 5.75 Å². The summed E-state index contributed by atoms with van der Waals surface area (Å²) in [5.41, 5.74) is 7.54. The van der Waals surface area contributed by atoms with Gasteiger partial charge in [-0.15, -0.1) is 0 Å². The van der Waals surface area contributed by atoms with Gasteiger partial charge in [0.05, 0.1) is 11.8 Å². The lowest BCUT2D eigenvalue weighted by atomic mass is 9.78. The van der Waals surface area contributed by atoms with Crippen LogP contribution in [0.1, 0.15) is 24.2 Å². The number of rotatable bonds is 3. The van der Waals surface area contributed by atoms with Gasteiger partial charge in [-0.3, -0.25) is 9.78 Å². The molecule has 0 aromatic carbocycles. The lowest BCUT2D eigenvalue weighted by molar-refractivity contribution is -0.122. The van der Waals surface area contributed by atoms with E-state index < -0.39 is 6.10 Å². The Labute approximate surface area is 169 Å². The van der Waals surface area contributed by atoms with Crippen molar-refractivity contribution in [2.24, 2.45) is 11.8 Å². The molecule has 0 amide bonds. The Balaban J connectivity index is 0.000000755. The number of nitrogen functional groups attached to an aromatic ring is 1. The maximum absolute atomic E-state index is 10.6. The molecule has 0 unspecified atom stereocenters. The zero-order chi connectivity index (χ0) is 21.0. The summed E-state index contributed by atoms with van der Waals surface area (Å²) in [4.78, 5) is 23.3. The minimum absolute atomic E-state index is 0.199. The molecule has 1 aliphatic heterocycles. The predicted octanol–water partition coefficient (Wildman–Crippen LogP) is 1.43. The molecule has 4 rings (SSSR count). The van der Waals surface area contributed by atoms with Gasteiger partial charge in [-0.05, 0) is 56.7 Å². The van der Waals surface area contributed by atoms with Crippen LogP contribution in [0.4, 0.5) is 11.8 Å². The van der Waals surface area contributed by atoms with Crippen LogP contribution in [0.2, 0.25) is 0 Å². The molecular formula is C20H27N5O4. The normalized spacial score (nSPS) is 25.6. The number of hydrogen-bond acceptors (Lipinski definition) is 8. The lowest BCUT2D eigenvalue weighted by Crippen LogP contribution is -2.42. The van der Waals surface area contributed by atoms with Gasteiger partial charge in [-0.25, -0.2) is 4.98 Å². The van der Waals surface area contributed by atoms with Crippen LogP contribution in [0.15, 0.2) is 24.4 Å². The van der Waals surface area contributed by atoms with Gasteiger partial charge in [-0.2, -0.15) is 4.98 Å². The second-order valence-corrected chi connectivity index (χ2v) is 7.53. The van der Waals surface area contributed by atoms with E-state index in [0.717, 1.165) is 48.9 Å². The largest absolute Gasteiger partial charge is 0.486 e. The number of aliphatic hydroxyl groups is 1. The van der Waals surface area contributed by atoms with E-state index in [1.165, 1.54) is 0 Å². The molecule has 9 heteroatoms. The van der Waals surface area contributed by atoms with Crippen molar-refractivity contribution in [3.63, 3.8) is 0 Å². The molecule has 0 radical (unpaired) electrons. The number of aryl methyl sites for hydroxylation is 2. The van der Waals surface area contributed by atoms with E-state index >= 15 is 0 Å². The van der Waals surface area contributed by atoms with Crippen molar-refractivity contribution in [1.29, 1.82) is 0 Å². The topological polar surface area (TPSA) is 135 Å². The monoisotopic (exact) mass is 401 g/mol. The van der Waals surface area contributed by atoms with Crippen molar-refractivity contribution < 1.29 is 19.7 Å². The van der Waals surface area contributed by atoms with E-state index in [0.29, 0.717) is 17.8 Å². The molecule has 4 N–H and O–H groups in total. The van der Waals surface area contributed by atoms with Gasteiger partial charge < -0.3 is 25.6 Å². The zero-order valence-electron chi connectivity index (χ0n) is 16.6. The Morgan fingerprint density at radius 3 is 2.52 bits per heavy atom. The summed E-state index contributed by atoms with van der Waals surface area (Å²) >= 11 is 0. The van der Waals surface area contributed by atoms with Crippen LogP contribution < -0.4 is 15.4 Å². The first-order chi connectivity index (χ1) is 13.9. The molecule has 29 heavy (non-hydrogen) atoms. The van der Waals surface area contributed by atoms with Crippen LogP contribution in [0.5, 0.6) is 5.75 Å². The van der Waals surface area contributed by atoms with Gasteiger partial charge >= 0.3 is 0 Å². The van der Waals surface area contributed by atoms with Gasteiger partial charge in [0.1, 0.15) is 17.7 Å². The number of aromatic nitrogens is 3. The average Bonchev–Trinajstić information content (AvgIpc) is 3.07. The summed E-state index contributed by atoms with van der Waals surface area (Å²) in [6.45, 7) is 5.44. The summed E-state index contributed by atoms with van der Waals surface area (Å²) in [6, 6.07) is 5.78. The highest BCUT2D eigenvalue weighted by Crippen LogP contribution is 2.39. The smallest absolute Gasteiger partial charge is 0.290 e. The minimum Gasteiger partial charge on any atom is -0.486 e. The second kappa shape index (κ2) is 9.04. The molecule has 0 spiro atoms. The average molecular weight is 401 g/mol. The molecule has 2 aliphatic rings. The maximum atomic E-state index is 10.6. The maximum Gasteiger partial charge on any atom is 0.290 e. The van der Waals surface area contributed by atoms with Crippen molar-refractivity contribution in [2.75, 3.05) is 23.7 Å². The fourth-order valence-electron chi connectivity index (χ4n) is 4.21. The van der Waals surface area contributed by atoms with E-state index in [9.17, 15) is 5.11 Å². The number of fused-ring (bicyclic) bond motifs is 1. The number of anilines is 2. The van der Waals surface area contributed by atoms with Crippen molar-refractivity contribution in [2.45, 2.75) is 38.9 Å². The highest BCUT2D eigenvalue weighted by Gasteiger charge is 2.43. The Bertz CT molecular complexity index is 849. The molecule has 9 nitrogen and oxygen atoms in total. The predicted molar refractivity (Wildman–Crippen MR) is 108 cm³/mol. The quantitative estimate of drug-likeness (QED) is 0.653. The molecule has 2 fully saturated rings. The fraction of sp³-hybridized carbons (Fsp3) is 0.500. The van der Waals surface area contributed by atoms with Crippen LogP contribution >= 0.6 is 0 Å². The van der Waals surface area contributed by atoms with Crippen LogP contribution in [0.3, 0.4) is 0 Å². The fourth-order valence-corrected chi connectivity index (χ4v) is 4.21. The van der Waals surface area contributed by atoms with Crippen molar-refractivity contribution in [3.05, 3.63) is 35.8 Å². The Morgan fingerprint density at radius 2 is 1.86 bits per heavy atom. The lowest BCUT2D eigenvalue weighted by Gasteiger charge is -2.35. The van der Waals surface area contributed by atoms with Crippen molar-refractivity contribution >= 4 is 18.2 Å². The summed E-state index contributed by atoms with van der Waals surface area (Å²) < 4.78 is 6.14. The number of pyridine rings is 1. The second-order valence-electron chi connectivity index (χ2n) is 7.53.